The predicted octanol–water partition coefficient (Wildman–Crippen LogP) is 4.22. The van der Waals surface area contributed by atoms with Crippen LogP contribution in [0.4, 0.5) is 4.39 Å². The second kappa shape index (κ2) is 9.90. The number of nitrogens with one attached hydrogen (secondary N) is 2. The number of amides is 1. The zero-order valence-electron chi connectivity index (χ0n) is 16.8. The van der Waals surface area contributed by atoms with Gasteiger partial charge in [-0.1, -0.05) is 49.2 Å². The lowest BCUT2D eigenvalue weighted by atomic mass is 9.92. The molecule has 1 aliphatic heterocycles. The molecule has 0 bridgehead atoms. The fourth-order valence-corrected chi connectivity index (χ4v) is 4.92. The van der Waals surface area contributed by atoms with Gasteiger partial charge in [-0.25, -0.2) is 12.8 Å². The molecule has 3 rings (SSSR count). The van der Waals surface area contributed by atoms with Crippen molar-refractivity contribution in [1.82, 2.24) is 10.6 Å². The highest BCUT2D eigenvalue weighted by Gasteiger charge is 2.28. The van der Waals surface area contributed by atoms with Gasteiger partial charge in [-0.2, -0.15) is 0 Å². The maximum atomic E-state index is 13.2. The standard InChI is InChI=1S/C22H26ClFN2O3S/c1-2-30(28,29)17-9-5-7-15(13-17)21(19-11-3-4-12-25-19)26-22(27)18-10-6-8-16(14-24)20(18)23/h5-10,13,19,21,25H,2-4,11-12,14H2,1H3,(H,26,27). The number of rotatable bonds is 7. The molecule has 2 atom stereocenters. The van der Waals surface area contributed by atoms with Crippen molar-refractivity contribution in [3.63, 3.8) is 0 Å². The minimum absolute atomic E-state index is 0.000782. The van der Waals surface area contributed by atoms with Crippen molar-refractivity contribution >= 4 is 27.3 Å². The van der Waals surface area contributed by atoms with Gasteiger partial charge in [0.25, 0.3) is 5.91 Å². The van der Waals surface area contributed by atoms with Gasteiger partial charge in [-0.05, 0) is 43.1 Å². The Kier molecular flexibility index (Phi) is 7.50. The molecule has 5 nitrogen and oxygen atoms in total. The van der Waals surface area contributed by atoms with Crippen LogP contribution < -0.4 is 10.6 Å². The van der Waals surface area contributed by atoms with Gasteiger partial charge < -0.3 is 10.6 Å². The molecule has 0 aromatic heterocycles. The minimum atomic E-state index is -3.38. The molecule has 162 valence electrons. The molecule has 0 saturated carbocycles. The lowest BCUT2D eigenvalue weighted by Crippen LogP contribution is -2.46. The number of sulfone groups is 1. The van der Waals surface area contributed by atoms with E-state index in [0.717, 1.165) is 25.8 Å². The van der Waals surface area contributed by atoms with Crippen LogP contribution in [0.5, 0.6) is 0 Å². The highest BCUT2D eigenvalue weighted by Crippen LogP contribution is 2.28. The number of halogens is 2. The van der Waals surface area contributed by atoms with Crippen LogP contribution in [0.3, 0.4) is 0 Å². The second-order valence-corrected chi connectivity index (χ2v) is 10.1. The monoisotopic (exact) mass is 452 g/mol. The number of carbonyl (C=O) groups is 1. The maximum absolute atomic E-state index is 13.2. The summed E-state index contributed by atoms with van der Waals surface area (Å²) in [5, 5.41) is 6.52. The number of hydrogen-bond donors (Lipinski definition) is 2. The van der Waals surface area contributed by atoms with E-state index in [1.54, 1.807) is 43.3 Å². The van der Waals surface area contributed by atoms with Gasteiger partial charge in [0.15, 0.2) is 9.84 Å². The fourth-order valence-electron chi connectivity index (χ4n) is 3.72. The molecule has 2 unspecified atom stereocenters. The van der Waals surface area contributed by atoms with E-state index in [4.69, 9.17) is 11.6 Å². The number of alkyl halides is 1. The van der Waals surface area contributed by atoms with Gasteiger partial charge in [-0.3, -0.25) is 4.79 Å². The topological polar surface area (TPSA) is 75.3 Å². The van der Waals surface area contributed by atoms with Gasteiger partial charge in [0.05, 0.1) is 27.3 Å². The van der Waals surface area contributed by atoms with Crippen LogP contribution in [0.2, 0.25) is 5.02 Å². The smallest absolute Gasteiger partial charge is 0.253 e. The van der Waals surface area contributed by atoms with E-state index in [-0.39, 0.29) is 32.8 Å². The van der Waals surface area contributed by atoms with Crippen LogP contribution in [0.25, 0.3) is 0 Å². The first-order valence-corrected chi connectivity index (χ1v) is 12.1. The molecule has 1 fully saturated rings. The summed E-state index contributed by atoms with van der Waals surface area (Å²) in [6, 6.07) is 10.9. The van der Waals surface area contributed by atoms with Crippen LogP contribution in [0, 0.1) is 0 Å². The summed E-state index contributed by atoms with van der Waals surface area (Å²) in [7, 11) is -3.38. The van der Waals surface area contributed by atoms with Crippen LogP contribution in [-0.4, -0.2) is 32.7 Å². The summed E-state index contributed by atoms with van der Waals surface area (Å²) in [4.78, 5) is 13.3. The number of benzene rings is 2. The van der Waals surface area contributed by atoms with Crippen molar-refractivity contribution in [1.29, 1.82) is 0 Å². The first-order chi connectivity index (χ1) is 14.4. The fraction of sp³-hybridized carbons (Fsp3) is 0.409. The van der Waals surface area contributed by atoms with E-state index < -0.39 is 28.5 Å². The molecule has 1 saturated heterocycles. The van der Waals surface area contributed by atoms with E-state index in [1.165, 1.54) is 0 Å². The van der Waals surface area contributed by atoms with Crippen LogP contribution >= 0.6 is 11.6 Å². The summed E-state index contributed by atoms with van der Waals surface area (Å²) in [5.74, 6) is -0.419. The van der Waals surface area contributed by atoms with Crippen LogP contribution in [0.1, 0.15) is 53.7 Å². The van der Waals surface area contributed by atoms with Crippen molar-refractivity contribution in [3.05, 3.63) is 64.2 Å². The molecule has 2 N–H and O–H groups in total. The molecule has 8 heteroatoms. The van der Waals surface area contributed by atoms with E-state index in [2.05, 4.69) is 10.6 Å². The molecule has 0 radical (unpaired) electrons. The van der Waals surface area contributed by atoms with Gasteiger partial charge in [0.2, 0.25) is 0 Å². The Hall–Kier alpha value is -1.96. The predicted molar refractivity (Wildman–Crippen MR) is 116 cm³/mol. The van der Waals surface area contributed by atoms with Crippen LogP contribution in [0.15, 0.2) is 47.4 Å². The van der Waals surface area contributed by atoms with E-state index in [1.807, 2.05) is 6.07 Å². The second-order valence-electron chi connectivity index (χ2n) is 7.40. The molecular formula is C22H26ClFN2O3S. The third kappa shape index (κ3) is 5.02. The molecule has 0 aliphatic carbocycles. The average molecular weight is 453 g/mol. The Morgan fingerprint density at radius 1 is 1.27 bits per heavy atom. The van der Waals surface area contributed by atoms with E-state index in [9.17, 15) is 17.6 Å². The zero-order valence-corrected chi connectivity index (χ0v) is 18.4. The Balaban J connectivity index is 1.96. The number of carbonyl (C=O) groups excluding carboxylic acids is 1. The van der Waals surface area contributed by atoms with Gasteiger partial charge >= 0.3 is 0 Å². The Bertz CT molecular complexity index is 1010. The molecule has 0 spiro atoms. The minimum Gasteiger partial charge on any atom is -0.344 e. The average Bonchev–Trinajstić information content (AvgIpc) is 2.78. The van der Waals surface area contributed by atoms with Crippen molar-refractivity contribution in [2.24, 2.45) is 0 Å². The molecule has 1 amide bonds. The Morgan fingerprint density at radius 2 is 2.03 bits per heavy atom. The van der Waals surface area contributed by atoms with Crippen molar-refractivity contribution in [2.75, 3.05) is 12.3 Å². The van der Waals surface area contributed by atoms with Gasteiger partial charge in [-0.15, -0.1) is 0 Å². The van der Waals surface area contributed by atoms with E-state index >= 15 is 0 Å². The zero-order chi connectivity index (χ0) is 21.7. The van der Waals surface area contributed by atoms with E-state index in [0.29, 0.717) is 5.56 Å². The lowest BCUT2D eigenvalue weighted by Gasteiger charge is -2.32. The van der Waals surface area contributed by atoms with Crippen molar-refractivity contribution in [2.45, 2.75) is 49.8 Å². The number of hydrogen-bond acceptors (Lipinski definition) is 4. The third-order valence-corrected chi connectivity index (χ3v) is 7.64. The quantitative estimate of drug-likeness (QED) is 0.659. The molecule has 1 aliphatic rings. The normalized spacial score (nSPS) is 18.0. The SMILES string of the molecule is CCS(=O)(=O)c1cccc(C(NC(=O)c2cccc(CF)c2Cl)C2CCCCN2)c1. The number of piperidine rings is 1. The molecule has 2 aromatic carbocycles. The van der Waals surface area contributed by atoms with Crippen molar-refractivity contribution in [3.8, 4) is 0 Å². The Morgan fingerprint density at radius 3 is 2.70 bits per heavy atom. The summed E-state index contributed by atoms with van der Waals surface area (Å²) in [6.07, 6.45) is 2.90. The highest BCUT2D eigenvalue weighted by molar-refractivity contribution is 7.91. The largest absolute Gasteiger partial charge is 0.344 e. The molecular weight excluding hydrogens is 427 g/mol. The summed E-state index contributed by atoms with van der Waals surface area (Å²) < 4.78 is 37.9. The Labute approximate surface area is 181 Å². The van der Waals surface area contributed by atoms with Crippen LogP contribution in [-0.2, 0) is 16.5 Å². The highest BCUT2D eigenvalue weighted by atomic mass is 35.5. The van der Waals surface area contributed by atoms with Crippen molar-refractivity contribution < 1.29 is 17.6 Å². The van der Waals surface area contributed by atoms with Gasteiger partial charge in [0, 0.05) is 11.6 Å². The first kappa shape index (κ1) is 22.7. The molecule has 1 heterocycles. The van der Waals surface area contributed by atoms with Gasteiger partial charge in [0.1, 0.15) is 6.67 Å². The lowest BCUT2D eigenvalue weighted by molar-refractivity contribution is 0.0922. The summed E-state index contributed by atoms with van der Waals surface area (Å²) >= 11 is 6.23. The molecule has 2 aromatic rings. The first-order valence-electron chi connectivity index (χ1n) is 10.1. The maximum Gasteiger partial charge on any atom is 0.253 e. The molecule has 30 heavy (non-hydrogen) atoms. The summed E-state index contributed by atoms with van der Waals surface area (Å²) in [6.45, 7) is 1.66. The summed E-state index contributed by atoms with van der Waals surface area (Å²) in [5.41, 5.74) is 1.16. The third-order valence-electron chi connectivity index (χ3n) is 5.46.